The topological polar surface area (TPSA) is 103 Å². The number of methoxy groups -OCH3 is 1. The fourth-order valence-corrected chi connectivity index (χ4v) is 6.19. The molecular formula is C25H30N4O5S. The van der Waals surface area contributed by atoms with Crippen LogP contribution in [0.15, 0.2) is 64.3 Å². The molecule has 4 rings (SSSR count). The highest BCUT2D eigenvalue weighted by molar-refractivity contribution is 7.89. The lowest BCUT2D eigenvalue weighted by atomic mass is 10.0. The molecule has 0 bridgehead atoms. The molecule has 0 radical (unpaired) electrons. The van der Waals surface area contributed by atoms with Crippen LogP contribution in [0, 0.1) is 6.92 Å². The van der Waals surface area contributed by atoms with Gasteiger partial charge in [0.2, 0.25) is 15.9 Å². The monoisotopic (exact) mass is 498 g/mol. The van der Waals surface area contributed by atoms with Gasteiger partial charge in [-0.2, -0.15) is 4.31 Å². The Hall–Kier alpha value is -3.37. The maximum Gasteiger partial charge on any atom is 0.295 e. The number of ether oxygens (including phenoxy) is 1. The van der Waals surface area contributed by atoms with Crippen LogP contribution in [0.5, 0.6) is 5.75 Å². The summed E-state index contributed by atoms with van der Waals surface area (Å²) in [6.45, 7) is 2.11. The van der Waals surface area contributed by atoms with E-state index in [1.54, 1.807) is 30.8 Å². The van der Waals surface area contributed by atoms with Crippen molar-refractivity contribution in [2.45, 2.75) is 43.5 Å². The van der Waals surface area contributed by atoms with E-state index in [1.165, 1.54) is 28.2 Å². The number of carbonyl (C=O) groups is 1. The van der Waals surface area contributed by atoms with Crippen LogP contribution in [0.2, 0.25) is 0 Å². The Kier molecular flexibility index (Phi) is 7.13. The Balaban J connectivity index is 1.55. The summed E-state index contributed by atoms with van der Waals surface area (Å²) in [6, 6.07) is 14.9. The zero-order chi connectivity index (χ0) is 25.2. The molecule has 9 nitrogen and oxygen atoms in total. The first-order chi connectivity index (χ1) is 16.7. The Morgan fingerprint density at radius 2 is 1.77 bits per heavy atom. The standard InChI is InChI=1S/C25H30N4O5S/c1-18-24(25(31)29(27(18)2)19-9-5-4-6-10-19)26-23(30)17-20-11-7-8-16-28(20)35(32,33)22-14-12-21(34-3)13-15-22/h4-6,9-10,12-15,20H,7-8,11,16-17H2,1-3H3,(H,26,30)/t20-/m0/s1. The summed E-state index contributed by atoms with van der Waals surface area (Å²) in [6.07, 6.45) is 2.10. The van der Waals surface area contributed by atoms with Crippen LogP contribution >= 0.6 is 0 Å². The third-order valence-corrected chi connectivity index (χ3v) is 8.44. The maximum absolute atomic E-state index is 13.3. The number of piperidine rings is 1. The van der Waals surface area contributed by atoms with Gasteiger partial charge in [-0.25, -0.2) is 13.1 Å². The third kappa shape index (κ3) is 4.89. The number of nitrogens with one attached hydrogen (secondary N) is 1. The van der Waals surface area contributed by atoms with Crippen molar-refractivity contribution in [3.63, 3.8) is 0 Å². The van der Waals surface area contributed by atoms with Gasteiger partial charge in [0, 0.05) is 26.1 Å². The molecule has 0 saturated carbocycles. The first-order valence-electron chi connectivity index (χ1n) is 11.5. The molecule has 1 saturated heterocycles. The SMILES string of the molecule is COc1ccc(S(=O)(=O)N2CCCC[C@H]2CC(=O)Nc2c(C)n(C)n(-c3ccccc3)c2=O)cc1. The van der Waals surface area contributed by atoms with E-state index >= 15 is 0 Å². The quantitative estimate of drug-likeness (QED) is 0.539. The van der Waals surface area contributed by atoms with Crippen LogP contribution in [0.3, 0.4) is 0 Å². The van der Waals surface area contributed by atoms with Crippen LogP contribution in [-0.2, 0) is 21.9 Å². The van der Waals surface area contributed by atoms with Gasteiger partial charge in [-0.15, -0.1) is 0 Å². The molecule has 2 heterocycles. The fraction of sp³-hybridized carbons (Fsp3) is 0.360. The summed E-state index contributed by atoms with van der Waals surface area (Å²) in [4.78, 5) is 26.3. The maximum atomic E-state index is 13.3. The fourth-order valence-electron chi connectivity index (χ4n) is 4.49. The van der Waals surface area contributed by atoms with Gasteiger partial charge in [-0.1, -0.05) is 24.6 Å². The molecule has 35 heavy (non-hydrogen) atoms. The zero-order valence-electron chi connectivity index (χ0n) is 20.1. The van der Waals surface area contributed by atoms with E-state index in [1.807, 2.05) is 30.3 Å². The average molecular weight is 499 g/mol. The summed E-state index contributed by atoms with van der Waals surface area (Å²) in [5.74, 6) is 0.177. The van der Waals surface area contributed by atoms with Gasteiger partial charge < -0.3 is 10.1 Å². The summed E-state index contributed by atoms with van der Waals surface area (Å²) in [5, 5.41) is 2.75. The summed E-state index contributed by atoms with van der Waals surface area (Å²) in [7, 11) is -0.508. The number of sulfonamides is 1. The van der Waals surface area contributed by atoms with E-state index in [4.69, 9.17) is 4.74 Å². The molecule has 1 atom stereocenters. The average Bonchev–Trinajstić information content (AvgIpc) is 3.07. The minimum Gasteiger partial charge on any atom is -0.497 e. The second kappa shape index (κ2) is 10.1. The van der Waals surface area contributed by atoms with E-state index in [-0.39, 0.29) is 22.6 Å². The van der Waals surface area contributed by atoms with Crippen LogP contribution in [-0.4, -0.2) is 47.7 Å². The minimum atomic E-state index is -3.78. The number of amides is 1. The molecule has 1 fully saturated rings. The van der Waals surface area contributed by atoms with Crippen LogP contribution < -0.4 is 15.6 Å². The van der Waals surface area contributed by atoms with E-state index in [0.29, 0.717) is 30.1 Å². The highest BCUT2D eigenvalue weighted by atomic mass is 32.2. The third-order valence-electron chi connectivity index (χ3n) is 6.48. The first-order valence-corrected chi connectivity index (χ1v) is 13.0. The van der Waals surface area contributed by atoms with Crippen molar-refractivity contribution in [1.82, 2.24) is 13.7 Å². The van der Waals surface area contributed by atoms with Crippen molar-refractivity contribution in [3.05, 3.63) is 70.6 Å². The lowest BCUT2D eigenvalue weighted by molar-refractivity contribution is -0.117. The number of carbonyl (C=O) groups excluding carboxylic acids is 1. The van der Waals surface area contributed by atoms with Gasteiger partial charge >= 0.3 is 0 Å². The van der Waals surface area contributed by atoms with Crippen LogP contribution in [0.4, 0.5) is 5.69 Å². The molecule has 1 aliphatic heterocycles. The van der Waals surface area contributed by atoms with Crippen molar-refractivity contribution in [1.29, 1.82) is 0 Å². The van der Waals surface area contributed by atoms with Crippen LogP contribution in [0.25, 0.3) is 5.69 Å². The van der Waals surface area contributed by atoms with Gasteiger partial charge in [0.05, 0.1) is 23.4 Å². The van der Waals surface area contributed by atoms with E-state index in [2.05, 4.69) is 5.32 Å². The Morgan fingerprint density at radius 3 is 2.43 bits per heavy atom. The molecule has 0 unspecified atom stereocenters. The molecule has 1 amide bonds. The Morgan fingerprint density at radius 1 is 1.09 bits per heavy atom. The second-order valence-corrected chi connectivity index (χ2v) is 10.5. The van der Waals surface area contributed by atoms with Gasteiger partial charge in [-0.05, 0) is 56.2 Å². The molecule has 1 aliphatic rings. The van der Waals surface area contributed by atoms with Gasteiger partial charge in [0.1, 0.15) is 11.4 Å². The Bertz CT molecular complexity index is 1360. The zero-order valence-corrected chi connectivity index (χ0v) is 20.9. The van der Waals surface area contributed by atoms with Crippen molar-refractivity contribution in [2.75, 3.05) is 19.0 Å². The molecule has 10 heteroatoms. The van der Waals surface area contributed by atoms with Crippen molar-refractivity contribution in [3.8, 4) is 11.4 Å². The Labute approximate surface area is 205 Å². The molecule has 3 aromatic rings. The van der Waals surface area contributed by atoms with Crippen LogP contribution in [0.1, 0.15) is 31.4 Å². The van der Waals surface area contributed by atoms with E-state index in [9.17, 15) is 18.0 Å². The molecular weight excluding hydrogens is 468 g/mol. The number of aromatic nitrogens is 2. The van der Waals surface area contributed by atoms with Gasteiger partial charge in [0.15, 0.2) is 0 Å². The molecule has 186 valence electrons. The van der Waals surface area contributed by atoms with Crippen molar-refractivity contribution < 1.29 is 17.9 Å². The number of hydrogen-bond donors (Lipinski definition) is 1. The van der Waals surface area contributed by atoms with E-state index < -0.39 is 22.0 Å². The normalized spacial score (nSPS) is 16.7. The van der Waals surface area contributed by atoms with E-state index in [0.717, 1.165) is 12.8 Å². The largest absolute Gasteiger partial charge is 0.497 e. The highest BCUT2D eigenvalue weighted by Crippen LogP contribution is 2.28. The van der Waals surface area contributed by atoms with Gasteiger partial charge in [0.25, 0.3) is 5.56 Å². The first kappa shape index (κ1) is 24.7. The molecule has 0 spiro atoms. The van der Waals surface area contributed by atoms with Crippen molar-refractivity contribution in [2.24, 2.45) is 7.05 Å². The molecule has 1 aromatic heterocycles. The second-order valence-electron chi connectivity index (χ2n) is 8.63. The lowest BCUT2D eigenvalue weighted by Gasteiger charge is -2.34. The predicted molar refractivity (Wildman–Crippen MR) is 134 cm³/mol. The van der Waals surface area contributed by atoms with Gasteiger partial charge in [-0.3, -0.25) is 14.3 Å². The van der Waals surface area contributed by atoms with Crippen molar-refractivity contribution >= 4 is 21.6 Å². The summed E-state index contributed by atoms with van der Waals surface area (Å²) >= 11 is 0. The predicted octanol–water partition coefficient (Wildman–Crippen LogP) is 3.07. The highest BCUT2D eigenvalue weighted by Gasteiger charge is 2.35. The smallest absolute Gasteiger partial charge is 0.295 e. The summed E-state index contributed by atoms with van der Waals surface area (Å²) < 4.78 is 36.4. The summed E-state index contributed by atoms with van der Waals surface area (Å²) in [5.41, 5.74) is 1.16. The lowest BCUT2D eigenvalue weighted by Crippen LogP contribution is -2.45. The molecule has 0 aliphatic carbocycles. The molecule has 2 aromatic carbocycles. The minimum absolute atomic E-state index is 0.0332. The number of rotatable bonds is 7. The molecule has 1 N–H and O–H groups in total. The number of benzene rings is 2. The number of para-hydroxylation sites is 1. The number of anilines is 1. The number of hydrogen-bond acceptors (Lipinski definition) is 5. The number of nitrogens with zero attached hydrogens (tertiary/aromatic N) is 3.